The maximum absolute atomic E-state index is 13.2. The highest BCUT2D eigenvalue weighted by Gasteiger charge is 2.13. The molecule has 0 atom stereocenters. The van der Waals surface area contributed by atoms with Gasteiger partial charge < -0.3 is 4.74 Å². The van der Waals surface area contributed by atoms with E-state index >= 15 is 0 Å². The minimum Gasteiger partial charge on any atom is -0.462 e. The number of esters is 1. The Bertz CT molecular complexity index is 436. The van der Waals surface area contributed by atoms with Crippen molar-refractivity contribution >= 4 is 5.97 Å². The fraction of sp³-hybridized carbons (Fsp3) is 0.308. The first-order valence-corrected chi connectivity index (χ1v) is 5.21. The monoisotopic (exact) mass is 238 g/mol. The number of benzene rings is 1. The summed E-state index contributed by atoms with van der Waals surface area (Å²) >= 11 is 0. The van der Waals surface area contributed by atoms with Crippen LogP contribution in [-0.4, -0.2) is 12.6 Å². The van der Waals surface area contributed by atoms with E-state index < -0.39 is 17.6 Å². The number of hydrogen-bond donors (Lipinski definition) is 0. The van der Waals surface area contributed by atoms with Gasteiger partial charge in [0, 0.05) is 12.5 Å². The molecule has 0 aliphatic rings. The Morgan fingerprint density at radius 1 is 1.35 bits per heavy atom. The Hall–Kier alpha value is -1.89. The van der Waals surface area contributed by atoms with Gasteiger partial charge in [-0.3, -0.25) is 0 Å². The van der Waals surface area contributed by atoms with Gasteiger partial charge in [-0.25, -0.2) is 13.6 Å². The molecule has 90 valence electrons. The van der Waals surface area contributed by atoms with Gasteiger partial charge in [-0.1, -0.05) is 0 Å². The largest absolute Gasteiger partial charge is 0.462 e. The first kappa shape index (κ1) is 13.2. The second-order valence-electron chi connectivity index (χ2n) is 3.42. The molecule has 0 saturated heterocycles. The molecular formula is C13H12F2O2. The second-order valence-corrected chi connectivity index (χ2v) is 3.42. The summed E-state index contributed by atoms with van der Waals surface area (Å²) in [6, 6.07) is 2.72. The number of terminal acetylenes is 1. The van der Waals surface area contributed by atoms with Crippen molar-refractivity contribution in [2.75, 3.05) is 6.61 Å². The molecule has 1 aromatic rings. The number of rotatable bonds is 5. The quantitative estimate of drug-likeness (QED) is 0.448. The number of hydrogen-bond acceptors (Lipinski definition) is 2. The van der Waals surface area contributed by atoms with Crippen LogP contribution >= 0.6 is 0 Å². The summed E-state index contributed by atoms with van der Waals surface area (Å²) in [6.07, 6.45) is 7.04. The van der Waals surface area contributed by atoms with Crippen molar-refractivity contribution in [1.82, 2.24) is 0 Å². The number of carbonyl (C=O) groups excluding carboxylic acids is 1. The van der Waals surface area contributed by atoms with Crippen molar-refractivity contribution in [2.24, 2.45) is 0 Å². The van der Waals surface area contributed by atoms with Crippen molar-refractivity contribution in [2.45, 2.75) is 19.3 Å². The average molecular weight is 238 g/mol. The van der Waals surface area contributed by atoms with Gasteiger partial charge in [0.15, 0.2) is 0 Å². The maximum atomic E-state index is 13.2. The van der Waals surface area contributed by atoms with E-state index in [4.69, 9.17) is 11.2 Å². The molecule has 1 aromatic carbocycles. The molecule has 0 heterocycles. The van der Waals surface area contributed by atoms with Crippen molar-refractivity contribution in [3.63, 3.8) is 0 Å². The molecule has 0 aromatic heterocycles. The molecule has 0 N–H and O–H groups in total. The van der Waals surface area contributed by atoms with Crippen LogP contribution in [0.4, 0.5) is 8.78 Å². The molecule has 4 heteroatoms. The minimum absolute atomic E-state index is 0.178. The van der Waals surface area contributed by atoms with E-state index in [0.29, 0.717) is 18.9 Å². The third-order valence-corrected chi connectivity index (χ3v) is 2.10. The third-order valence-electron chi connectivity index (χ3n) is 2.10. The van der Waals surface area contributed by atoms with Crippen LogP contribution in [0.25, 0.3) is 0 Å². The summed E-state index contributed by atoms with van der Waals surface area (Å²) in [5.41, 5.74) is -0.261. The Balaban J connectivity index is 2.45. The average Bonchev–Trinajstić information content (AvgIpc) is 2.28. The smallest absolute Gasteiger partial charge is 0.341 e. The molecule has 0 spiro atoms. The van der Waals surface area contributed by atoms with E-state index in [1.54, 1.807) is 0 Å². The van der Waals surface area contributed by atoms with Crippen molar-refractivity contribution < 1.29 is 18.3 Å². The summed E-state index contributed by atoms with van der Waals surface area (Å²) in [7, 11) is 0. The second kappa shape index (κ2) is 6.64. The van der Waals surface area contributed by atoms with Crippen LogP contribution in [0.3, 0.4) is 0 Å². The van der Waals surface area contributed by atoms with Gasteiger partial charge >= 0.3 is 5.97 Å². The fourth-order valence-corrected chi connectivity index (χ4v) is 1.23. The van der Waals surface area contributed by atoms with Gasteiger partial charge in [-0.05, 0) is 25.0 Å². The van der Waals surface area contributed by atoms with Gasteiger partial charge in [0.05, 0.1) is 12.2 Å². The molecule has 1 rings (SSSR count). The summed E-state index contributed by atoms with van der Waals surface area (Å²) in [4.78, 5) is 11.4. The highest BCUT2D eigenvalue weighted by Crippen LogP contribution is 2.11. The molecule has 0 fully saturated rings. The summed E-state index contributed by atoms with van der Waals surface area (Å²) in [5.74, 6) is 0.0254. The lowest BCUT2D eigenvalue weighted by Crippen LogP contribution is -2.08. The van der Waals surface area contributed by atoms with Crippen LogP contribution in [0.1, 0.15) is 29.6 Å². The highest BCUT2D eigenvalue weighted by atomic mass is 19.1. The first-order valence-electron chi connectivity index (χ1n) is 5.21. The first-order chi connectivity index (χ1) is 8.15. The SMILES string of the molecule is C#CCCCCOC(=O)c1ccc(F)cc1F. The highest BCUT2D eigenvalue weighted by molar-refractivity contribution is 5.89. The van der Waals surface area contributed by atoms with E-state index in [1.807, 2.05) is 0 Å². The predicted molar refractivity (Wildman–Crippen MR) is 59.3 cm³/mol. The van der Waals surface area contributed by atoms with Crippen LogP contribution in [0.2, 0.25) is 0 Å². The Kier molecular flexibility index (Phi) is 5.15. The Morgan fingerprint density at radius 2 is 2.12 bits per heavy atom. The molecule has 2 nitrogen and oxygen atoms in total. The summed E-state index contributed by atoms with van der Waals surface area (Å²) in [5, 5.41) is 0. The Morgan fingerprint density at radius 3 is 2.76 bits per heavy atom. The number of carbonyl (C=O) groups is 1. The lowest BCUT2D eigenvalue weighted by Gasteiger charge is -2.04. The molecule has 0 aliphatic heterocycles. The van der Waals surface area contributed by atoms with Crippen LogP contribution in [0, 0.1) is 24.0 Å². The van der Waals surface area contributed by atoms with Gasteiger partial charge in [0.1, 0.15) is 11.6 Å². The van der Waals surface area contributed by atoms with Gasteiger partial charge in [-0.15, -0.1) is 12.3 Å². The van der Waals surface area contributed by atoms with Crippen LogP contribution in [0.15, 0.2) is 18.2 Å². The van der Waals surface area contributed by atoms with E-state index in [2.05, 4.69) is 5.92 Å². The summed E-state index contributed by atoms with van der Waals surface area (Å²) < 4.78 is 30.6. The zero-order valence-corrected chi connectivity index (χ0v) is 9.21. The van der Waals surface area contributed by atoms with E-state index in [0.717, 1.165) is 18.6 Å². The fourth-order valence-electron chi connectivity index (χ4n) is 1.23. The molecular weight excluding hydrogens is 226 g/mol. The predicted octanol–water partition coefficient (Wildman–Crippen LogP) is 2.93. The van der Waals surface area contributed by atoms with Crippen molar-refractivity contribution in [1.29, 1.82) is 0 Å². The van der Waals surface area contributed by atoms with Crippen molar-refractivity contribution in [3.05, 3.63) is 35.4 Å². The molecule has 0 amide bonds. The normalized spacial score (nSPS) is 9.71. The molecule has 0 aliphatic carbocycles. The van der Waals surface area contributed by atoms with Gasteiger partial charge in [0.2, 0.25) is 0 Å². The van der Waals surface area contributed by atoms with Crippen LogP contribution < -0.4 is 0 Å². The van der Waals surface area contributed by atoms with E-state index in [-0.39, 0.29) is 12.2 Å². The van der Waals surface area contributed by atoms with E-state index in [9.17, 15) is 13.6 Å². The zero-order chi connectivity index (χ0) is 12.7. The number of ether oxygens (including phenoxy) is 1. The Labute approximate surface area is 98.6 Å². The molecule has 0 saturated carbocycles. The number of halogens is 2. The summed E-state index contributed by atoms with van der Waals surface area (Å²) in [6.45, 7) is 0.178. The zero-order valence-electron chi connectivity index (χ0n) is 9.21. The standard InChI is InChI=1S/C13H12F2O2/c1-2-3-4-5-8-17-13(16)11-7-6-10(14)9-12(11)15/h1,6-7,9H,3-5,8H2. The third kappa shape index (κ3) is 4.23. The lowest BCUT2D eigenvalue weighted by molar-refractivity contribution is 0.0493. The topological polar surface area (TPSA) is 26.3 Å². The van der Waals surface area contributed by atoms with Crippen LogP contribution in [0.5, 0.6) is 0 Å². The lowest BCUT2D eigenvalue weighted by atomic mass is 10.2. The minimum atomic E-state index is -0.918. The van der Waals surface area contributed by atoms with Crippen molar-refractivity contribution in [3.8, 4) is 12.3 Å². The molecule has 0 unspecified atom stereocenters. The van der Waals surface area contributed by atoms with E-state index in [1.165, 1.54) is 0 Å². The number of unbranched alkanes of at least 4 members (excludes halogenated alkanes) is 2. The molecule has 17 heavy (non-hydrogen) atoms. The molecule has 0 radical (unpaired) electrons. The molecule has 0 bridgehead atoms. The van der Waals surface area contributed by atoms with Gasteiger partial charge in [-0.2, -0.15) is 0 Å². The van der Waals surface area contributed by atoms with Gasteiger partial charge in [0.25, 0.3) is 0 Å². The maximum Gasteiger partial charge on any atom is 0.341 e. The van der Waals surface area contributed by atoms with Crippen LogP contribution in [-0.2, 0) is 4.74 Å².